The fourth-order valence-corrected chi connectivity index (χ4v) is 4.18. The van der Waals surface area contributed by atoms with Gasteiger partial charge in [0.15, 0.2) is 0 Å². The second-order valence-corrected chi connectivity index (χ2v) is 8.49. The lowest BCUT2D eigenvalue weighted by Gasteiger charge is -2.34. The van der Waals surface area contributed by atoms with Crippen LogP contribution in [-0.4, -0.2) is 54.2 Å². The van der Waals surface area contributed by atoms with Crippen LogP contribution in [0.1, 0.15) is 18.4 Å². The Labute approximate surface area is 192 Å². The van der Waals surface area contributed by atoms with Crippen molar-refractivity contribution in [3.63, 3.8) is 0 Å². The highest BCUT2D eigenvalue weighted by molar-refractivity contribution is 6.39. The average Bonchev–Trinajstić information content (AvgIpc) is 2.76. The van der Waals surface area contributed by atoms with Gasteiger partial charge in [-0.25, -0.2) is 0 Å². The van der Waals surface area contributed by atoms with Gasteiger partial charge >= 0.3 is 0 Å². The number of halogens is 2. The first kappa shape index (κ1) is 23.1. The molecule has 0 spiro atoms. The van der Waals surface area contributed by atoms with Crippen LogP contribution in [0.4, 0.5) is 5.69 Å². The molecule has 31 heavy (non-hydrogen) atoms. The number of hydrogen-bond acceptors (Lipinski definition) is 3. The number of para-hydroxylation sites is 1. The Kier molecular flexibility index (Phi) is 7.93. The number of benzene rings is 2. The highest BCUT2D eigenvalue weighted by Gasteiger charge is 2.30. The summed E-state index contributed by atoms with van der Waals surface area (Å²) < 4.78 is 0. The number of anilines is 1. The summed E-state index contributed by atoms with van der Waals surface area (Å²) in [5.41, 5.74) is 1.28. The van der Waals surface area contributed by atoms with Gasteiger partial charge in [-0.15, -0.1) is 0 Å². The van der Waals surface area contributed by atoms with E-state index in [2.05, 4.69) is 5.32 Å². The lowest BCUT2D eigenvalue weighted by molar-refractivity contribution is -0.141. The van der Waals surface area contributed by atoms with Gasteiger partial charge in [-0.05, 0) is 30.5 Å². The average molecular weight is 462 g/mol. The topological polar surface area (TPSA) is 69.7 Å². The van der Waals surface area contributed by atoms with Crippen molar-refractivity contribution in [3.8, 4) is 0 Å². The lowest BCUT2D eigenvalue weighted by Crippen LogP contribution is -2.47. The summed E-state index contributed by atoms with van der Waals surface area (Å²) in [5.74, 6) is -0.857. The maximum atomic E-state index is 12.9. The van der Waals surface area contributed by atoms with Crippen LogP contribution in [0.25, 0.3) is 0 Å². The predicted octanol–water partition coefficient (Wildman–Crippen LogP) is 3.87. The first-order valence-corrected chi connectivity index (χ1v) is 10.9. The zero-order chi connectivity index (χ0) is 22.4. The summed E-state index contributed by atoms with van der Waals surface area (Å²) in [4.78, 5) is 41.1. The van der Waals surface area contributed by atoms with Crippen LogP contribution in [0.3, 0.4) is 0 Å². The molecule has 1 saturated heterocycles. The van der Waals surface area contributed by atoms with Crippen molar-refractivity contribution in [2.24, 2.45) is 5.92 Å². The van der Waals surface area contributed by atoms with E-state index in [9.17, 15) is 14.4 Å². The highest BCUT2D eigenvalue weighted by atomic mass is 35.5. The number of likely N-dealkylation sites (N-methyl/N-ethyl adjacent to an activating group) is 1. The standard InChI is InChI=1S/C23H25Cl2N3O3/c1-27(15-20(29)26-22-18(24)10-5-11-19(22)25)23(31)17-9-6-12-28(14-17)21(30)13-16-7-3-2-4-8-16/h2-5,7-8,10-11,17H,6,9,12-15H2,1H3,(H,26,29). The SMILES string of the molecule is CN(CC(=O)Nc1c(Cl)cccc1Cl)C(=O)C1CCCN(C(=O)Cc2ccccc2)C1. The maximum Gasteiger partial charge on any atom is 0.244 e. The molecule has 0 radical (unpaired) electrons. The Hall–Kier alpha value is -2.57. The Bertz CT molecular complexity index is 932. The zero-order valence-corrected chi connectivity index (χ0v) is 18.8. The lowest BCUT2D eigenvalue weighted by atomic mass is 9.96. The van der Waals surface area contributed by atoms with Gasteiger partial charge in [0, 0.05) is 20.1 Å². The van der Waals surface area contributed by atoms with Crippen LogP contribution in [-0.2, 0) is 20.8 Å². The second kappa shape index (κ2) is 10.6. The summed E-state index contributed by atoms with van der Waals surface area (Å²) >= 11 is 12.2. The van der Waals surface area contributed by atoms with E-state index in [4.69, 9.17) is 23.2 Å². The monoisotopic (exact) mass is 461 g/mol. The van der Waals surface area contributed by atoms with E-state index < -0.39 is 5.91 Å². The minimum atomic E-state index is -0.390. The molecule has 3 rings (SSSR count). The zero-order valence-electron chi connectivity index (χ0n) is 17.3. The van der Waals surface area contributed by atoms with Crippen LogP contribution in [0.2, 0.25) is 10.0 Å². The molecule has 2 aromatic rings. The van der Waals surface area contributed by atoms with E-state index in [-0.39, 0.29) is 24.3 Å². The van der Waals surface area contributed by atoms with Crippen molar-refractivity contribution >= 4 is 46.6 Å². The molecule has 1 heterocycles. The highest BCUT2D eigenvalue weighted by Crippen LogP contribution is 2.29. The Morgan fingerprint density at radius 2 is 1.74 bits per heavy atom. The van der Waals surface area contributed by atoms with Gasteiger partial charge < -0.3 is 15.1 Å². The quantitative estimate of drug-likeness (QED) is 0.709. The van der Waals surface area contributed by atoms with Crippen LogP contribution >= 0.6 is 23.2 Å². The normalized spacial score (nSPS) is 16.0. The summed E-state index contributed by atoms with van der Waals surface area (Å²) in [6.45, 7) is 0.881. The molecule has 1 aliphatic heterocycles. The number of hydrogen-bond donors (Lipinski definition) is 1. The number of carbonyl (C=O) groups excluding carboxylic acids is 3. The molecular formula is C23H25Cl2N3O3. The molecule has 164 valence electrons. The van der Waals surface area contributed by atoms with Crippen molar-refractivity contribution in [2.45, 2.75) is 19.3 Å². The number of likely N-dealkylation sites (tertiary alicyclic amines) is 1. The number of nitrogens with zero attached hydrogens (tertiary/aromatic N) is 2. The first-order chi connectivity index (χ1) is 14.8. The molecule has 1 aliphatic rings. The van der Waals surface area contributed by atoms with Crippen LogP contribution < -0.4 is 5.32 Å². The summed E-state index contributed by atoms with van der Waals surface area (Å²) in [6, 6.07) is 14.5. The summed E-state index contributed by atoms with van der Waals surface area (Å²) in [5, 5.41) is 3.32. The van der Waals surface area contributed by atoms with Gasteiger partial charge in [0.2, 0.25) is 17.7 Å². The van der Waals surface area contributed by atoms with Gasteiger partial charge in [-0.2, -0.15) is 0 Å². The van der Waals surface area contributed by atoms with E-state index in [0.717, 1.165) is 12.0 Å². The molecule has 6 nitrogen and oxygen atoms in total. The van der Waals surface area contributed by atoms with Crippen LogP contribution in [0.5, 0.6) is 0 Å². The number of nitrogens with one attached hydrogen (secondary N) is 1. The molecule has 0 aliphatic carbocycles. The minimum Gasteiger partial charge on any atom is -0.342 e. The molecule has 2 aromatic carbocycles. The molecule has 1 N–H and O–H groups in total. The number of rotatable bonds is 6. The molecule has 3 amide bonds. The van der Waals surface area contributed by atoms with E-state index in [1.807, 2.05) is 30.3 Å². The molecule has 1 fully saturated rings. The van der Waals surface area contributed by atoms with Gasteiger partial charge in [0.1, 0.15) is 0 Å². The molecule has 8 heteroatoms. The molecular weight excluding hydrogens is 437 g/mol. The van der Waals surface area contributed by atoms with E-state index in [1.165, 1.54) is 4.90 Å². The van der Waals surface area contributed by atoms with Gasteiger partial charge in [-0.3, -0.25) is 14.4 Å². The van der Waals surface area contributed by atoms with Crippen molar-refractivity contribution in [3.05, 3.63) is 64.1 Å². The Morgan fingerprint density at radius 3 is 2.42 bits per heavy atom. The number of piperidine rings is 1. The Morgan fingerprint density at radius 1 is 1.06 bits per heavy atom. The fourth-order valence-electron chi connectivity index (χ4n) is 3.69. The molecule has 1 unspecified atom stereocenters. The molecule has 0 bridgehead atoms. The van der Waals surface area contributed by atoms with Crippen molar-refractivity contribution < 1.29 is 14.4 Å². The molecule has 1 atom stereocenters. The van der Waals surface area contributed by atoms with Crippen molar-refractivity contribution in [2.75, 3.05) is 32.0 Å². The van der Waals surface area contributed by atoms with E-state index in [0.29, 0.717) is 41.7 Å². The summed E-state index contributed by atoms with van der Waals surface area (Å²) in [6.07, 6.45) is 1.76. The van der Waals surface area contributed by atoms with Gasteiger partial charge in [0.05, 0.1) is 34.6 Å². The largest absolute Gasteiger partial charge is 0.342 e. The second-order valence-electron chi connectivity index (χ2n) is 7.68. The first-order valence-electron chi connectivity index (χ1n) is 10.2. The van der Waals surface area contributed by atoms with Crippen LogP contribution in [0, 0.1) is 5.92 Å². The predicted molar refractivity (Wildman–Crippen MR) is 122 cm³/mol. The Balaban J connectivity index is 1.55. The third-order valence-corrected chi connectivity index (χ3v) is 5.94. The van der Waals surface area contributed by atoms with E-state index >= 15 is 0 Å². The van der Waals surface area contributed by atoms with Gasteiger partial charge in [-0.1, -0.05) is 59.6 Å². The van der Waals surface area contributed by atoms with Crippen molar-refractivity contribution in [1.82, 2.24) is 9.80 Å². The van der Waals surface area contributed by atoms with Crippen LogP contribution in [0.15, 0.2) is 48.5 Å². The number of amides is 3. The summed E-state index contributed by atoms with van der Waals surface area (Å²) in [7, 11) is 1.58. The molecule has 0 aromatic heterocycles. The molecule has 0 saturated carbocycles. The smallest absolute Gasteiger partial charge is 0.244 e. The third-order valence-electron chi connectivity index (χ3n) is 5.31. The number of carbonyl (C=O) groups is 3. The third kappa shape index (κ3) is 6.21. The fraction of sp³-hybridized carbons (Fsp3) is 0.348. The maximum absolute atomic E-state index is 12.9. The van der Waals surface area contributed by atoms with Crippen molar-refractivity contribution in [1.29, 1.82) is 0 Å². The van der Waals surface area contributed by atoms with E-state index in [1.54, 1.807) is 30.1 Å². The van der Waals surface area contributed by atoms with Gasteiger partial charge in [0.25, 0.3) is 0 Å². The minimum absolute atomic E-state index is 0.0115.